The molecule has 1 heterocycles. The van der Waals surface area contributed by atoms with Crippen molar-refractivity contribution in [1.82, 2.24) is 0 Å². The number of halogens is 2. The Bertz CT molecular complexity index is 619. The largest absolute Gasteiger partial charge is 0.435 e. The molecule has 1 amide bonds. The number of thioether (sulfide) groups is 1. The molecule has 1 aromatic carbocycles. The molecule has 5 nitrogen and oxygen atoms in total. The summed E-state index contributed by atoms with van der Waals surface area (Å²) < 4.78 is 50.8. The molecule has 22 heavy (non-hydrogen) atoms. The van der Waals surface area contributed by atoms with Gasteiger partial charge >= 0.3 is 6.61 Å². The lowest BCUT2D eigenvalue weighted by Gasteiger charge is -2.09. The summed E-state index contributed by atoms with van der Waals surface area (Å²) in [6.07, 6.45) is 0.569. The number of carbonyl (C=O) groups excluding carboxylic acids is 1. The molecule has 0 aromatic heterocycles. The molecule has 2 rings (SSSR count). The second-order valence-electron chi connectivity index (χ2n) is 4.79. The molecule has 0 radical (unpaired) electrons. The number of hydrogen-bond acceptors (Lipinski definition) is 5. The van der Waals surface area contributed by atoms with Gasteiger partial charge in [-0.3, -0.25) is 4.79 Å². The van der Waals surface area contributed by atoms with Crippen LogP contribution in [0.2, 0.25) is 0 Å². The highest BCUT2D eigenvalue weighted by molar-refractivity contribution is 8.02. The third-order valence-electron chi connectivity index (χ3n) is 3.00. The Morgan fingerprint density at radius 1 is 1.36 bits per heavy atom. The van der Waals surface area contributed by atoms with Gasteiger partial charge in [0.25, 0.3) is 0 Å². The maximum Gasteiger partial charge on any atom is 0.387 e. The molecule has 9 heteroatoms. The lowest BCUT2D eigenvalue weighted by atomic mass is 10.3. The van der Waals surface area contributed by atoms with Crippen LogP contribution in [0.1, 0.15) is 6.42 Å². The van der Waals surface area contributed by atoms with E-state index >= 15 is 0 Å². The molecular weight excluding hydrogens is 336 g/mol. The smallest absolute Gasteiger partial charge is 0.387 e. The third kappa shape index (κ3) is 5.45. The van der Waals surface area contributed by atoms with Crippen LogP contribution in [0.5, 0.6) is 5.75 Å². The van der Waals surface area contributed by atoms with E-state index < -0.39 is 16.4 Å². The first kappa shape index (κ1) is 17.0. The first-order chi connectivity index (χ1) is 10.3. The highest BCUT2D eigenvalue weighted by atomic mass is 32.2. The lowest BCUT2D eigenvalue weighted by Crippen LogP contribution is -2.17. The average molecular weight is 351 g/mol. The van der Waals surface area contributed by atoms with Crippen LogP contribution in [0, 0.1) is 0 Å². The topological polar surface area (TPSA) is 72.5 Å². The number of benzene rings is 1. The summed E-state index contributed by atoms with van der Waals surface area (Å²) in [4.78, 5) is 11.8. The number of sulfone groups is 1. The van der Waals surface area contributed by atoms with E-state index in [4.69, 9.17) is 0 Å². The van der Waals surface area contributed by atoms with E-state index in [2.05, 4.69) is 10.1 Å². The zero-order valence-corrected chi connectivity index (χ0v) is 13.1. The van der Waals surface area contributed by atoms with Crippen molar-refractivity contribution in [1.29, 1.82) is 0 Å². The van der Waals surface area contributed by atoms with E-state index in [0.717, 1.165) is 0 Å². The highest BCUT2D eigenvalue weighted by Crippen LogP contribution is 2.24. The summed E-state index contributed by atoms with van der Waals surface area (Å²) in [5.41, 5.74) is 0.464. The van der Waals surface area contributed by atoms with Gasteiger partial charge in [-0.15, -0.1) is 11.8 Å². The van der Waals surface area contributed by atoms with Gasteiger partial charge in [-0.2, -0.15) is 8.78 Å². The van der Waals surface area contributed by atoms with Crippen LogP contribution in [-0.2, 0) is 14.6 Å². The van der Waals surface area contributed by atoms with Crippen LogP contribution in [0.15, 0.2) is 24.3 Å². The Balaban J connectivity index is 1.77. The summed E-state index contributed by atoms with van der Waals surface area (Å²) in [7, 11) is -2.94. The number of amides is 1. The van der Waals surface area contributed by atoms with Crippen LogP contribution < -0.4 is 10.1 Å². The lowest BCUT2D eigenvalue weighted by molar-refractivity contribution is -0.113. The molecule has 0 bridgehead atoms. The average Bonchev–Trinajstić information content (AvgIpc) is 2.78. The van der Waals surface area contributed by atoms with Crippen LogP contribution in [-0.4, -0.2) is 43.4 Å². The monoisotopic (exact) mass is 351 g/mol. The SMILES string of the molecule is O=C(CSC1CCS(=O)(=O)C1)Nc1ccc(OC(F)F)cc1. The zero-order valence-electron chi connectivity index (χ0n) is 11.5. The molecule has 0 aliphatic carbocycles. The van der Waals surface area contributed by atoms with Gasteiger partial charge in [0.15, 0.2) is 9.84 Å². The number of anilines is 1. The van der Waals surface area contributed by atoms with Gasteiger partial charge in [-0.1, -0.05) is 0 Å². The fraction of sp³-hybridized carbons (Fsp3) is 0.462. The number of carbonyl (C=O) groups is 1. The molecule has 1 aliphatic heterocycles. The highest BCUT2D eigenvalue weighted by Gasteiger charge is 2.28. The van der Waals surface area contributed by atoms with Gasteiger partial charge in [0, 0.05) is 10.9 Å². The van der Waals surface area contributed by atoms with E-state index in [9.17, 15) is 22.0 Å². The van der Waals surface area contributed by atoms with Crippen LogP contribution in [0.3, 0.4) is 0 Å². The Hall–Kier alpha value is -1.35. The molecule has 0 saturated carbocycles. The summed E-state index contributed by atoms with van der Waals surface area (Å²) in [5, 5.41) is 2.57. The van der Waals surface area contributed by atoms with Gasteiger partial charge in [0.1, 0.15) is 5.75 Å². The second-order valence-corrected chi connectivity index (χ2v) is 8.30. The van der Waals surface area contributed by atoms with Crippen molar-refractivity contribution >= 4 is 33.2 Å². The molecule has 1 unspecified atom stereocenters. The standard InChI is InChI=1S/C13H15F2NO4S2/c14-13(15)20-10-3-1-9(2-4-10)16-12(17)7-21-11-5-6-22(18,19)8-11/h1-4,11,13H,5-8H2,(H,16,17). The first-order valence-electron chi connectivity index (χ1n) is 6.51. The molecule has 1 saturated heterocycles. The fourth-order valence-electron chi connectivity index (χ4n) is 2.00. The fourth-order valence-corrected chi connectivity index (χ4v) is 5.45. The van der Waals surface area contributed by atoms with Crippen molar-refractivity contribution in [3.8, 4) is 5.75 Å². The summed E-state index contributed by atoms with van der Waals surface area (Å²) in [6.45, 7) is -2.89. The molecule has 1 atom stereocenters. The molecule has 122 valence electrons. The molecule has 0 spiro atoms. The van der Waals surface area contributed by atoms with Gasteiger partial charge in [0.05, 0.1) is 17.3 Å². The Morgan fingerprint density at radius 2 is 2.05 bits per heavy atom. The molecule has 1 N–H and O–H groups in total. The number of alkyl halides is 2. The molecule has 1 fully saturated rings. The predicted molar refractivity (Wildman–Crippen MR) is 81.2 cm³/mol. The van der Waals surface area contributed by atoms with E-state index in [1.807, 2.05) is 0 Å². The van der Waals surface area contributed by atoms with E-state index in [-0.39, 0.29) is 34.2 Å². The summed E-state index contributed by atoms with van der Waals surface area (Å²) in [6, 6.07) is 5.58. The molecule has 1 aromatic rings. The van der Waals surface area contributed by atoms with Crippen molar-refractivity contribution < 1.29 is 26.7 Å². The van der Waals surface area contributed by atoms with Crippen molar-refractivity contribution in [3.63, 3.8) is 0 Å². The minimum atomic E-state index is -2.94. The minimum Gasteiger partial charge on any atom is -0.435 e. The van der Waals surface area contributed by atoms with E-state index in [0.29, 0.717) is 12.1 Å². The normalized spacial score (nSPS) is 20.0. The summed E-state index contributed by atoms with van der Waals surface area (Å²) in [5.74, 6) is 0.188. The van der Waals surface area contributed by atoms with Crippen molar-refractivity contribution in [2.45, 2.75) is 18.3 Å². The number of hydrogen-bond donors (Lipinski definition) is 1. The van der Waals surface area contributed by atoms with Crippen LogP contribution >= 0.6 is 11.8 Å². The van der Waals surface area contributed by atoms with Crippen molar-refractivity contribution in [2.24, 2.45) is 0 Å². The quantitative estimate of drug-likeness (QED) is 0.850. The van der Waals surface area contributed by atoms with E-state index in [1.54, 1.807) is 0 Å². The Kier molecular flexibility index (Phi) is 5.63. The van der Waals surface area contributed by atoms with Gasteiger partial charge in [0.2, 0.25) is 5.91 Å². The van der Waals surface area contributed by atoms with Gasteiger partial charge in [-0.05, 0) is 30.7 Å². The zero-order chi connectivity index (χ0) is 16.2. The van der Waals surface area contributed by atoms with Crippen molar-refractivity contribution in [3.05, 3.63) is 24.3 Å². The van der Waals surface area contributed by atoms with Gasteiger partial charge < -0.3 is 10.1 Å². The maximum absolute atomic E-state index is 12.0. The Labute approximate surface area is 131 Å². The second kappa shape index (κ2) is 7.28. The number of rotatable bonds is 6. The van der Waals surface area contributed by atoms with Crippen molar-refractivity contribution in [2.75, 3.05) is 22.6 Å². The third-order valence-corrected chi connectivity index (χ3v) is 6.29. The minimum absolute atomic E-state index is 0.0125. The summed E-state index contributed by atoms with van der Waals surface area (Å²) >= 11 is 1.31. The maximum atomic E-state index is 12.0. The number of ether oxygens (including phenoxy) is 1. The van der Waals surface area contributed by atoms with E-state index in [1.165, 1.54) is 36.0 Å². The first-order valence-corrected chi connectivity index (χ1v) is 9.38. The number of nitrogens with one attached hydrogen (secondary N) is 1. The van der Waals surface area contributed by atoms with Crippen LogP contribution in [0.25, 0.3) is 0 Å². The molecular formula is C13H15F2NO4S2. The predicted octanol–water partition coefficient (Wildman–Crippen LogP) is 2.15. The van der Waals surface area contributed by atoms with Gasteiger partial charge in [-0.25, -0.2) is 8.42 Å². The van der Waals surface area contributed by atoms with Crippen LogP contribution in [0.4, 0.5) is 14.5 Å². The molecule has 1 aliphatic rings. The Morgan fingerprint density at radius 3 is 2.59 bits per heavy atom.